The van der Waals surface area contributed by atoms with Gasteiger partial charge < -0.3 is 14.9 Å². The number of hydrogen-bond acceptors (Lipinski definition) is 10. The minimum absolute atomic E-state index is 0.0408. The fourth-order valence-corrected chi connectivity index (χ4v) is 6.04. The van der Waals surface area contributed by atoms with E-state index < -0.39 is 17.1 Å². The monoisotopic (exact) mass is 436 g/mol. The number of Topliss-reactive ketones (excluding diaryl/α,β-unsaturated/α-hetero) is 1. The van der Waals surface area contributed by atoms with Gasteiger partial charge in [0.15, 0.2) is 23.4 Å². The molecule has 4 atom stereocenters. The Labute approximate surface area is 184 Å². The Morgan fingerprint density at radius 1 is 1.28 bits per heavy atom. The molecule has 166 valence electrons. The number of hydrogen-bond donors (Lipinski definition) is 2. The van der Waals surface area contributed by atoms with Crippen molar-refractivity contribution in [1.82, 2.24) is 4.90 Å². The molecule has 1 spiro atoms. The van der Waals surface area contributed by atoms with Gasteiger partial charge in [-0.25, -0.2) is 0 Å². The van der Waals surface area contributed by atoms with Crippen molar-refractivity contribution in [3.05, 3.63) is 48.2 Å². The minimum Gasteiger partial charge on any atom is -0.504 e. The number of carbonyl (C=O) groups excluding carboxylic acids is 1. The molecular weight excluding hydrogens is 412 g/mol. The lowest BCUT2D eigenvalue weighted by atomic mass is 9.49. The van der Waals surface area contributed by atoms with Crippen molar-refractivity contribution in [2.45, 2.75) is 48.8 Å². The van der Waals surface area contributed by atoms with E-state index in [4.69, 9.17) is 4.74 Å². The maximum atomic E-state index is 12.6. The maximum Gasteiger partial charge on any atom is 0.174 e. The third-order valence-corrected chi connectivity index (χ3v) is 7.22. The van der Waals surface area contributed by atoms with Crippen LogP contribution < -0.4 is 4.74 Å². The summed E-state index contributed by atoms with van der Waals surface area (Å²) in [5.74, 6) is 0.528. The summed E-state index contributed by atoms with van der Waals surface area (Å²) in [5.41, 5.74) is 0.256. The number of aromatic hydroxyl groups is 1. The molecule has 32 heavy (non-hydrogen) atoms. The minimum atomic E-state index is -1.00. The predicted molar refractivity (Wildman–Crippen MR) is 115 cm³/mol. The lowest BCUT2D eigenvalue weighted by Gasteiger charge is -2.62. The van der Waals surface area contributed by atoms with E-state index in [1.165, 1.54) is 12.4 Å². The normalized spacial score (nSPS) is 37.5. The fourth-order valence-electron chi connectivity index (χ4n) is 6.04. The molecule has 0 unspecified atom stereocenters. The zero-order valence-corrected chi connectivity index (χ0v) is 17.5. The lowest BCUT2D eigenvalue weighted by Crippen LogP contribution is -2.76. The van der Waals surface area contributed by atoms with Gasteiger partial charge in [-0.05, 0) is 52.6 Å². The molecule has 1 saturated carbocycles. The Bertz CT molecular complexity index is 1030. The van der Waals surface area contributed by atoms with E-state index in [0.29, 0.717) is 31.4 Å². The van der Waals surface area contributed by atoms with Crippen LogP contribution in [0.1, 0.15) is 30.4 Å². The molecule has 0 radical (unpaired) electrons. The van der Waals surface area contributed by atoms with Gasteiger partial charge in [-0.3, -0.25) is 9.69 Å². The molecule has 6 rings (SSSR count). The average molecular weight is 436 g/mol. The lowest BCUT2D eigenvalue weighted by molar-refractivity contribution is -0.187. The maximum absolute atomic E-state index is 12.6. The zero-order chi connectivity index (χ0) is 22.3. The third kappa shape index (κ3) is 2.79. The Balaban J connectivity index is 0.000000230. The first-order valence-corrected chi connectivity index (χ1v) is 10.6. The molecule has 5 aliphatic rings. The first-order valence-electron chi connectivity index (χ1n) is 10.6. The second-order valence-corrected chi connectivity index (χ2v) is 8.55. The number of benzene rings is 1. The summed E-state index contributed by atoms with van der Waals surface area (Å²) in [6.07, 6.45) is 7.91. The summed E-state index contributed by atoms with van der Waals surface area (Å²) < 4.78 is 5.98. The number of allylic oxidation sites excluding steroid dienone is 1. The van der Waals surface area contributed by atoms with Crippen LogP contribution in [0.3, 0.4) is 0 Å². The number of rotatable bonds is 2. The van der Waals surface area contributed by atoms with Crippen LogP contribution in [-0.4, -0.2) is 57.9 Å². The van der Waals surface area contributed by atoms with E-state index in [2.05, 4.69) is 37.4 Å². The molecule has 3 aliphatic heterocycles. The number of carbonyl (C=O) groups is 1. The molecule has 2 aliphatic carbocycles. The standard InChI is InChI=1S/C19H21NO4.C3H3N5/c1-2-8-20-9-7-18-15-11-3-4-12(21)16(15)24-17(18)13(22)5-6-19(18,23)14(20)10-11;1-2-4-6-8-7-5-3-1/h2-4,14,17,21,23H,1,5-10H2;1-3H/b;2-1-,3-1?,4-2?,5-3-,6-4-,7-5?,8-6?,8-7-/t14-,17+,18+,19-;/m1./s1. The second kappa shape index (κ2) is 7.72. The van der Waals surface area contributed by atoms with Gasteiger partial charge in [0.05, 0.1) is 23.4 Å². The van der Waals surface area contributed by atoms with Crippen LogP contribution in [0.4, 0.5) is 0 Å². The van der Waals surface area contributed by atoms with Crippen LogP contribution in [0.15, 0.2) is 62.9 Å². The van der Waals surface area contributed by atoms with E-state index in [1.54, 1.807) is 12.1 Å². The van der Waals surface area contributed by atoms with Gasteiger partial charge >= 0.3 is 0 Å². The Hall–Kier alpha value is -3.24. The van der Waals surface area contributed by atoms with Crippen molar-refractivity contribution in [2.24, 2.45) is 25.9 Å². The first-order chi connectivity index (χ1) is 15.5. The molecule has 10 nitrogen and oxygen atoms in total. The SMILES string of the molecule is C1=C\N=N/N=N\N=C/1.C=CCN1CC[C@]23c4c5ccc(O)c4O[C@H]2C(=O)CC[C@@]3(O)[C@H]1C5. The topological polar surface area (TPSA) is 132 Å². The van der Waals surface area contributed by atoms with Crippen LogP contribution in [0.25, 0.3) is 0 Å². The number of likely N-dealkylation sites (tertiary alicyclic amines) is 1. The van der Waals surface area contributed by atoms with Crippen LogP contribution in [0.2, 0.25) is 0 Å². The van der Waals surface area contributed by atoms with Gasteiger partial charge in [0, 0.05) is 31.1 Å². The first kappa shape index (κ1) is 20.7. The smallest absolute Gasteiger partial charge is 0.174 e. The molecule has 0 aromatic heterocycles. The highest BCUT2D eigenvalue weighted by molar-refractivity contribution is 5.90. The van der Waals surface area contributed by atoms with Crippen LogP contribution in [0.5, 0.6) is 11.5 Å². The fraction of sp³-hybridized carbons (Fsp3) is 0.455. The Kier molecular flexibility index (Phi) is 4.98. The highest BCUT2D eigenvalue weighted by atomic mass is 16.5. The van der Waals surface area contributed by atoms with Crippen molar-refractivity contribution >= 4 is 12.0 Å². The number of phenolic OH excluding ortho intramolecular Hbond substituents is 1. The third-order valence-electron chi connectivity index (χ3n) is 7.22. The van der Waals surface area contributed by atoms with Gasteiger partial charge in [-0.2, -0.15) is 0 Å². The molecule has 1 saturated heterocycles. The summed E-state index contributed by atoms with van der Waals surface area (Å²) in [4.78, 5) is 14.9. The number of aliphatic hydroxyl groups is 1. The zero-order valence-electron chi connectivity index (χ0n) is 17.5. The molecule has 10 heteroatoms. The number of nitrogens with zero attached hydrogens (tertiary/aromatic N) is 6. The number of ether oxygens (including phenoxy) is 1. The summed E-state index contributed by atoms with van der Waals surface area (Å²) in [7, 11) is 0. The highest BCUT2D eigenvalue weighted by Crippen LogP contribution is 2.64. The van der Waals surface area contributed by atoms with E-state index in [9.17, 15) is 15.0 Å². The molecule has 3 heterocycles. The van der Waals surface area contributed by atoms with E-state index in [1.807, 2.05) is 12.1 Å². The molecular formula is C22H24N6O4. The second-order valence-electron chi connectivity index (χ2n) is 8.55. The summed E-state index contributed by atoms with van der Waals surface area (Å²) >= 11 is 0. The summed E-state index contributed by atoms with van der Waals surface area (Å²) in [6.45, 7) is 5.36. The van der Waals surface area contributed by atoms with Crippen molar-refractivity contribution in [3.8, 4) is 11.5 Å². The molecule has 1 aromatic rings. The van der Waals surface area contributed by atoms with Crippen molar-refractivity contribution < 1.29 is 19.7 Å². The van der Waals surface area contributed by atoms with Gasteiger partial charge in [0.25, 0.3) is 0 Å². The van der Waals surface area contributed by atoms with E-state index in [0.717, 1.165) is 24.2 Å². The number of phenols is 1. The highest BCUT2D eigenvalue weighted by Gasteiger charge is 2.73. The van der Waals surface area contributed by atoms with E-state index in [-0.39, 0.29) is 17.6 Å². The molecule has 2 fully saturated rings. The van der Waals surface area contributed by atoms with Gasteiger partial charge in [-0.1, -0.05) is 12.1 Å². The molecule has 2 N–H and O–H groups in total. The molecule has 0 amide bonds. The van der Waals surface area contributed by atoms with Crippen molar-refractivity contribution in [1.29, 1.82) is 0 Å². The average Bonchev–Trinajstić information content (AvgIpc) is 3.11. The van der Waals surface area contributed by atoms with Gasteiger partial charge in [0.1, 0.15) is 0 Å². The van der Waals surface area contributed by atoms with Crippen LogP contribution >= 0.6 is 0 Å². The number of piperidine rings is 1. The van der Waals surface area contributed by atoms with Crippen LogP contribution in [0, 0.1) is 0 Å². The largest absolute Gasteiger partial charge is 0.504 e. The Morgan fingerprint density at radius 3 is 3.00 bits per heavy atom. The summed E-state index contributed by atoms with van der Waals surface area (Å²) in [6, 6.07) is 3.52. The summed E-state index contributed by atoms with van der Waals surface area (Å²) in [5, 5.41) is 38.5. The van der Waals surface area contributed by atoms with Crippen molar-refractivity contribution in [2.75, 3.05) is 13.1 Å². The molecule has 1 aromatic carbocycles. The predicted octanol–water partition coefficient (Wildman–Crippen LogP) is 2.62. The van der Waals surface area contributed by atoms with Gasteiger partial charge in [0.2, 0.25) is 0 Å². The number of ketones is 1. The molecule has 2 bridgehead atoms. The van der Waals surface area contributed by atoms with E-state index >= 15 is 0 Å². The Morgan fingerprint density at radius 2 is 2.16 bits per heavy atom. The van der Waals surface area contributed by atoms with Crippen LogP contribution in [-0.2, 0) is 16.6 Å². The van der Waals surface area contributed by atoms with Crippen molar-refractivity contribution in [3.63, 3.8) is 0 Å². The van der Waals surface area contributed by atoms with Gasteiger partial charge in [-0.15, -0.1) is 16.8 Å². The quantitative estimate of drug-likeness (QED) is 0.688.